The van der Waals surface area contributed by atoms with E-state index in [1.165, 1.54) is 12.3 Å². The second-order valence-electron chi connectivity index (χ2n) is 1.72. The van der Waals surface area contributed by atoms with Crippen LogP contribution >= 0.6 is 0 Å². The molecule has 0 aliphatic carbocycles. The number of carbonyl (C=O) groups excluding carboxylic acids is 1. The Morgan fingerprint density at radius 2 is 2.20 bits per heavy atom. The molecule has 0 fully saturated rings. The molecule has 0 aliphatic rings. The molecular weight excluding hydrogens is 134 g/mol. The van der Waals surface area contributed by atoms with Crippen molar-refractivity contribution in [3.05, 3.63) is 24.0 Å². The first-order valence-electron chi connectivity index (χ1n) is 2.63. The summed E-state index contributed by atoms with van der Waals surface area (Å²) in [6.45, 7) is 0. The molecule has 1 heterocycles. The highest BCUT2D eigenvalue weighted by atomic mass is 16.4. The number of ketones is 1. The SMILES string of the molecule is O=C(O)C(=O)c1ccc[nH]1. The minimum Gasteiger partial charge on any atom is -0.475 e. The lowest BCUT2D eigenvalue weighted by Crippen LogP contribution is -2.12. The fraction of sp³-hybridized carbons (Fsp3) is 0. The van der Waals surface area contributed by atoms with Crippen LogP contribution in [0.2, 0.25) is 0 Å². The number of nitrogens with one attached hydrogen (secondary N) is 1. The van der Waals surface area contributed by atoms with Crippen LogP contribution < -0.4 is 0 Å². The first-order valence-corrected chi connectivity index (χ1v) is 2.63. The quantitative estimate of drug-likeness (QED) is 0.456. The summed E-state index contributed by atoms with van der Waals surface area (Å²) in [5, 5.41) is 8.18. The van der Waals surface area contributed by atoms with E-state index in [1.807, 2.05) is 0 Å². The molecule has 4 nitrogen and oxygen atoms in total. The Labute approximate surface area is 56.5 Å². The van der Waals surface area contributed by atoms with Crippen LogP contribution in [0.3, 0.4) is 0 Å². The monoisotopic (exact) mass is 139 g/mol. The highest BCUT2D eigenvalue weighted by Crippen LogP contribution is 1.94. The molecule has 0 aromatic carbocycles. The van der Waals surface area contributed by atoms with Crippen molar-refractivity contribution in [2.45, 2.75) is 0 Å². The Hall–Kier alpha value is -1.58. The van der Waals surface area contributed by atoms with Crippen LogP contribution in [0, 0.1) is 0 Å². The first kappa shape index (κ1) is 6.54. The number of H-pyrrole nitrogens is 1. The van der Waals surface area contributed by atoms with Crippen LogP contribution in [0.25, 0.3) is 0 Å². The van der Waals surface area contributed by atoms with Crippen molar-refractivity contribution >= 4 is 11.8 Å². The standard InChI is InChI=1S/C6H5NO3/c8-5(6(9)10)4-2-1-3-7-4/h1-3,7H,(H,9,10). The van der Waals surface area contributed by atoms with Crippen molar-refractivity contribution in [1.82, 2.24) is 4.98 Å². The molecule has 0 aliphatic heterocycles. The molecule has 0 bridgehead atoms. The topological polar surface area (TPSA) is 70.2 Å². The third kappa shape index (κ3) is 1.05. The van der Waals surface area contributed by atoms with Crippen molar-refractivity contribution in [3.8, 4) is 0 Å². The average Bonchev–Trinajstić information content (AvgIpc) is 2.36. The Morgan fingerprint density at radius 1 is 1.50 bits per heavy atom. The molecule has 0 radical (unpaired) electrons. The number of hydrogen-bond acceptors (Lipinski definition) is 2. The van der Waals surface area contributed by atoms with Crippen LogP contribution in [-0.4, -0.2) is 21.8 Å². The van der Waals surface area contributed by atoms with Crippen molar-refractivity contribution in [1.29, 1.82) is 0 Å². The summed E-state index contributed by atoms with van der Waals surface area (Å²) in [5.41, 5.74) is 0.104. The van der Waals surface area contributed by atoms with Gasteiger partial charge in [-0.2, -0.15) is 0 Å². The first-order chi connectivity index (χ1) is 4.72. The summed E-state index contributed by atoms with van der Waals surface area (Å²) in [7, 11) is 0. The minimum absolute atomic E-state index is 0.104. The fourth-order valence-electron chi connectivity index (χ4n) is 0.587. The number of Topliss-reactive ketones (excluding diaryl/α,β-unsaturated/α-hetero) is 1. The number of aromatic amines is 1. The lowest BCUT2D eigenvalue weighted by molar-refractivity contribution is -0.131. The van der Waals surface area contributed by atoms with Gasteiger partial charge in [0.15, 0.2) is 0 Å². The maximum atomic E-state index is 10.6. The zero-order chi connectivity index (χ0) is 7.56. The summed E-state index contributed by atoms with van der Waals surface area (Å²) in [5.74, 6) is -2.35. The third-order valence-electron chi connectivity index (χ3n) is 1.04. The zero-order valence-corrected chi connectivity index (χ0v) is 5.00. The molecule has 1 aromatic rings. The summed E-state index contributed by atoms with van der Waals surface area (Å²) >= 11 is 0. The van der Waals surface area contributed by atoms with Gasteiger partial charge in [-0.1, -0.05) is 0 Å². The highest BCUT2D eigenvalue weighted by molar-refractivity contribution is 6.39. The van der Waals surface area contributed by atoms with Crippen LogP contribution in [0.15, 0.2) is 18.3 Å². The summed E-state index contributed by atoms with van der Waals surface area (Å²) in [6.07, 6.45) is 1.50. The Balaban J connectivity index is 2.88. The van der Waals surface area contributed by atoms with Gasteiger partial charge in [-0.15, -0.1) is 0 Å². The largest absolute Gasteiger partial charge is 0.475 e. The smallest absolute Gasteiger partial charge is 0.378 e. The number of carbonyl (C=O) groups is 2. The van der Waals surface area contributed by atoms with E-state index in [2.05, 4.69) is 4.98 Å². The van der Waals surface area contributed by atoms with E-state index in [4.69, 9.17) is 5.11 Å². The van der Waals surface area contributed by atoms with E-state index in [-0.39, 0.29) is 5.69 Å². The van der Waals surface area contributed by atoms with Gasteiger partial charge >= 0.3 is 5.97 Å². The van der Waals surface area contributed by atoms with Crippen LogP contribution in [0.1, 0.15) is 10.5 Å². The molecule has 0 amide bonds. The van der Waals surface area contributed by atoms with Gasteiger partial charge in [0.25, 0.3) is 5.78 Å². The Morgan fingerprint density at radius 3 is 2.60 bits per heavy atom. The second kappa shape index (κ2) is 2.34. The number of hydrogen-bond donors (Lipinski definition) is 2. The van der Waals surface area contributed by atoms with Crippen molar-refractivity contribution < 1.29 is 14.7 Å². The van der Waals surface area contributed by atoms with Crippen LogP contribution in [-0.2, 0) is 4.79 Å². The minimum atomic E-state index is -1.44. The molecule has 1 aromatic heterocycles. The van der Waals surface area contributed by atoms with Gasteiger partial charge in [0.05, 0.1) is 5.69 Å². The second-order valence-corrected chi connectivity index (χ2v) is 1.72. The number of carboxylic acids is 1. The fourth-order valence-corrected chi connectivity index (χ4v) is 0.587. The molecule has 0 spiro atoms. The van der Waals surface area contributed by atoms with E-state index in [0.29, 0.717) is 0 Å². The third-order valence-corrected chi connectivity index (χ3v) is 1.04. The van der Waals surface area contributed by atoms with Gasteiger partial charge < -0.3 is 10.1 Å². The molecular formula is C6H5NO3. The maximum absolute atomic E-state index is 10.6. The number of carboxylic acid groups (broad SMARTS) is 1. The van der Waals surface area contributed by atoms with Crippen molar-refractivity contribution in [2.75, 3.05) is 0 Å². The van der Waals surface area contributed by atoms with Gasteiger partial charge in [-0.3, -0.25) is 4.79 Å². The van der Waals surface area contributed by atoms with Gasteiger partial charge in [0.2, 0.25) is 0 Å². The number of aliphatic carboxylic acids is 1. The predicted octanol–water partition coefficient (Wildman–Crippen LogP) is 0.282. The van der Waals surface area contributed by atoms with E-state index >= 15 is 0 Å². The van der Waals surface area contributed by atoms with Gasteiger partial charge in [0, 0.05) is 6.20 Å². The van der Waals surface area contributed by atoms with Crippen LogP contribution in [0.5, 0.6) is 0 Å². The molecule has 52 valence electrons. The maximum Gasteiger partial charge on any atom is 0.378 e. The summed E-state index contributed by atoms with van der Waals surface area (Å²) in [6, 6.07) is 2.98. The number of aromatic nitrogens is 1. The zero-order valence-electron chi connectivity index (χ0n) is 5.00. The van der Waals surface area contributed by atoms with E-state index in [1.54, 1.807) is 6.07 Å². The van der Waals surface area contributed by atoms with Gasteiger partial charge in [-0.25, -0.2) is 4.79 Å². The van der Waals surface area contributed by atoms with Gasteiger partial charge in [0.1, 0.15) is 0 Å². The van der Waals surface area contributed by atoms with E-state index in [0.717, 1.165) is 0 Å². The Kier molecular flexibility index (Phi) is 1.53. The highest BCUT2D eigenvalue weighted by Gasteiger charge is 2.13. The van der Waals surface area contributed by atoms with Gasteiger partial charge in [-0.05, 0) is 12.1 Å². The predicted molar refractivity (Wildman–Crippen MR) is 32.8 cm³/mol. The number of rotatable bonds is 2. The lowest BCUT2D eigenvalue weighted by atomic mass is 10.3. The lowest BCUT2D eigenvalue weighted by Gasteiger charge is -1.86. The van der Waals surface area contributed by atoms with E-state index in [9.17, 15) is 9.59 Å². The Bertz CT molecular complexity index is 250. The summed E-state index contributed by atoms with van der Waals surface area (Å²) in [4.78, 5) is 23.1. The average molecular weight is 139 g/mol. The molecule has 1 rings (SSSR count). The molecule has 0 unspecified atom stereocenters. The molecule has 10 heavy (non-hydrogen) atoms. The van der Waals surface area contributed by atoms with Crippen molar-refractivity contribution in [2.24, 2.45) is 0 Å². The molecule has 0 saturated carbocycles. The van der Waals surface area contributed by atoms with Crippen LogP contribution in [0.4, 0.5) is 0 Å². The molecule has 2 N–H and O–H groups in total. The molecule has 0 saturated heterocycles. The molecule has 0 atom stereocenters. The molecule has 4 heteroatoms. The summed E-state index contributed by atoms with van der Waals surface area (Å²) < 4.78 is 0. The van der Waals surface area contributed by atoms with Crippen molar-refractivity contribution in [3.63, 3.8) is 0 Å². The van der Waals surface area contributed by atoms with E-state index < -0.39 is 11.8 Å². The normalized spacial score (nSPS) is 9.20.